The summed E-state index contributed by atoms with van der Waals surface area (Å²) in [6, 6.07) is 7.96. The Labute approximate surface area is 129 Å². The number of carbonyl (C=O) groups excluding carboxylic acids is 1. The third-order valence-electron chi connectivity index (χ3n) is 2.97. The molecule has 1 aromatic carbocycles. The van der Waals surface area contributed by atoms with E-state index < -0.39 is 0 Å². The van der Waals surface area contributed by atoms with Gasteiger partial charge in [0.15, 0.2) is 0 Å². The Morgan fingerprint density at radius 3 is 2.95 bits per heavy atom. The van der Waals surface area contributed by atoms with Crippen LogP contribution >= 0.6 is 11.8 Å². The lowest BCUT2D eigenvalue weighted by molar-refractivity contribution is 0.0953. The normalized spacial score (nSPS) is 11.0. The van der Waals surface area contributed by atoms with Crippen LogP contribution in [0.3, 0.4) is 0 Å². The van der Waals surface area contributed by atoms with Gasteiger partial charge in [-0.2, -0.15) is 0 Å². The monoisotopic (exact) mass is 303 g/mol. The molecule has 112 valence electrons. The third kappa shape index (κ3) is 4.19. The molecule has 0 aliphatic carbocycles. The lowest BCUT2D eigenvalue weighted by atomic mass is 10.1. The van der Waals surface area contributed by atoms with Crippen molar-refractivity contribution in [2.45, 2.75) is 30.4 Å². The Morgan fingerprint density at radius 2 is 2.24 bits per heavy atom. The summed E-state index contributed by atoms with van der Waals surface area (Å²) >= 11 is 1.78. The van der Waals surface area contributed by atoms with E-state index in [1.807, 2.05) is 18.2 Å². The molecule has 1 heterocycles. The van der Waals surface area contributed by atoms with E-state index in [1.54, 1.807) is 18.0 Å². The van der Waals surface area contributed by atoms with Gasteiger partial charge in [-0.15, -0.1) is 11.8 Å². The van der Waals surface area contributed by atoms with Crippen LogP contribution < -0.4 is 11.1 Å². The topological polar surface area (TPSA) is 68.0 Å². The zero-order valence-corrected chi connectivity index (χ0v) is 13.2. The molecule has 0 atom stereocenters. The van der Waals surface area contributed by atoms with Crippen LogP contribution in [-0.2, 0) is 0 Å². The van der Waals surface area contributed by atoms with Gasteiger partial charge in [0.1, 0.15) is 0 Å². The minimum absolute atomic E-state index is 0.0974. The molecular formula is C16H21N3OS. The number of para-hydroxylation sites is 1. The molecule has 4 nitrogen and oxygen atoms in total. The molecule has 0 spiro atoms. The standard InChI is InChI=1S/C16H21N3OS/c1-11(2)21-14-6-3-5-12-9-13(10-19-15(12)14)16(20)18-8-4-7-17/h3,5-6,9-11H,4,7-8,17H2,1-2H3,(H,18,20). The Kier molecular flexibility index (Phi) is 5.59. The lowest BCUT2D eigenvalue weighted by Crippen LogP contribution is -2.26. The van der Waals surface area contributed by atoms with Gasteiger partial charge in [0.2, 0.25) is 0 Å². The van der Waals surface area contributed by atoms with Crippen molar-refractivity contribution in [3.8, 4) is 0 Å². The summed E-state index contributed by atoms with van der Waals surface area (Å²) in [6.07, 6.45) is 2.42. The van der Waals surface area contributed by atoms with Crippen molar-refractivity contribution in [1.82, 2.24) is 10.3 Å². The van der Waals surface area contributed by atoms with E-state index in [1.165, 1.54) is 0 Å². The van der Waals surface area contributed by atoms with E-state index in [0.29, 0.717) is 23.9 Å². The average molecular weight is 303 g/mol. The van der Waals surface area contributed by atoms with E-state index in [9.17, 15) is 4.79 Å². The summed E-state index contributed by atoms with van der Waals surface area (Å²) < 4.78 is 0. The Morgan fingerprint density at radius 1 is 1.43 bits per heavy atom. The maximum atomic E-state index is 12.0. The number of nitrogens with two attached hydrogens (primary N) is 1. The van der Waals surface area contributed by atoms with Gasteiger partial charge in [-0.05, 0) is 25.1 Å². The smallest absolute Gasteiger partial charge is 0.252 e. The molecule has 0 unspecified atom stereocenters. The third-order valence-corrected chi connectivity index (χ3v) is 4.02. The van der Waals surface area contributed by atoms with Crippen LogP contribution in [-0.4, -0.2) is 29.2 Å². The number of nitrogens with zero attached hydrogens (tertiary/aromatic N) is 1. The molecule has 21 heavy (non-hydrogen) atoms. The van der Waals surface area contributed by atoms with E-state index in [0.717, 1.165) is 22.2 Å². The fraction of sp³-hybridized carbons (Fsp3) is 0.375. The fourth-order valence-corrected chi connectivity index (χ4v) is 2.96. The molecule has 0 saturated carbocycles. The van der Waals surface area contributed by atoms with E-state index in [-0.39, 0.29) is 5.91 Å². The van der Waals surface area contributed by atoms with Gasteiger partial charge in [0, 0.05) is 28.3 Å². The van der Waals surface area contributed by atoms with E-state index >= 15 is 0 Å². The number of carbonyl (C=O) groups is 1. The summed E-state index contributed by atoms with van der Waals surface area (Å²) in [4.78, 5) is 17.7. The van der Waals surface area contributed by atoms with Crippen molar-refractivity contribution in [3.05, 3.63) is 36.0 Å². The van der Waals surface area contributed by atoms with Crippen molar-refractivity contribution < 1.29 is 4.79 Å². The molecule has 1 aromatic heterocycles. The van der Waals surface area contributed by atoms with Crippen LogP contribution in [0.15, 0.2) is 35.4 Å². The molecule has 0 saturated heterocycles. The highest BCUT2D eigenvalue weighted by Gasteiger charge is 2.09. The van der Waals surface area contributed by atoms with Crippen molar-refractivity contribution >= 4 is 28.6 Å². The molecule has 0 fully saturated rings. The number of hydrogen-bond donors (Lipinski definition) is 2. The number of hydrogen-bond acceptors (Lipinski definition) is 4. The second kappa shape index (κ2) is 7.43. The highest BCUT2D eigenvalue weighted by molar-refractivity contribution is 8.00. The summed E-state index contributed by atoms with van der Waals surface area (Å²) in [5.74, 6) is -0.0974. The Hall–Kier alpha value is -1.59. The van der Waals surface area contributed by atoms with Crippen molar-refractivity contribution in [3.63, 3.8) is 0 Å². The molecule has 3 N–H and O–H groups in total. The van der Waals surface area contributed by atoms with Crippen LogP contribution in [0.5, 0.6) is 0 Å². The minimum atomic E-state index is -0.0974. The molecule has 0 aliphatic rings. The largest absolute Gasteiger partial charge is 0.352 e. The number of fused-ring (bicyclic) bond motifs is 1. The van der Waals surface area contributed by atoms with Gasteiger partial charge in [-0.3, -0.25) is 9.78 Å². The number of pyridine rings is 1. The van der Waals surface area contributed by atoms with Crippen LogP contribution in [0.25, 0.3) is 10.9 Å². The highest BCUT2D eigenvalue weighted by atomic mass is 32.2. The number of amides is 1. The molecular weight excluding hydrogens is 282 g/mol. The summed E-state index contributed by atoms with van der Waals surface area (Å²) in [6.45, 7) is 5.48. The van der Waals surface area contributed by atoms with Gasteiger partial charge >= 0.3 is 0 Å². The van der Waals surface area contributed by atoms with Crippen LogP contribution in [0.1, 0.15) is 30.6 Å². The van der Waals surface area contributed by atoms with Gasteiger partial charge in [0.05, 0.1) is 11.1 Å². The fourth-order valence-electron chi connectivity index (χ4n) is 2.01. The van der Waals surface area contributed by atoms with Crippen LogP contribution in [0.2, 0.25) is 0 Å². The molecule has 2 rings (SSSR count). The van der Waals surface area contributed by atoms with E-state index in [4.69, 9.17) is 5.73 Å². The lowest BCUT2D eigenvalue weighted by Gasteiger charge is -2.09. The summed E-state index contributed by atoms with van der Waals surface area (Å²) in [5.41, 5.74) is 6.96. The maximum Gasteiger partial charge on any atom is 0.252 e. The zero-order chi connectivity index (χ0) is 15.2. The minimum Gasteiger partial charge on any atom is -0.352 e. The second-order valence-electron chi connectivity index (χ2n) is 5.12. The number of rotatable bonds is 6. The van der Waals surface area contributed by atoms with Gasteiger partial charge in [-0.25, -0.2) is 0 Å². The average Bonchev–Trinajstić information content (AvgIpc) is 2.46. The van der Waals surface area contributed by atoms with E-state index in [2.05, 4.69) is 30.2 Å². The van der Waals surface area contributed by atoms with Gasteiger partial charge in [0.25, 0.3) is 5.91 Å². The predicted octanol–water partition coefficient (Wildman–Crippen LogP) is 2.81. The molecule has 0 bridgehead atoms. The second-order valence-corrected chi connectivity index (χ2v) is 6.73. The molecule has 0 radical (unpaired) electrons. The van der Waals surface area contributed by atoms with Gasteiger partial charge < -0.3 is 11.1 Å². The maximum absolute atomic E-state index is 12.0. The molecule has 5 heteroatoms. The first kappa shape index (κ1) is 15.8. The Balaban J connectivity index is 2.24. The number of thioether (sulfide) groups is 1. The molecule has 1 amide bonds. The van der Waals surface area contributed by atoms with Crippen molar-refractivity contribution in [2.75, 3.05) is 13.1 Å². The van der Waals surface area contributed by atoms with Crippen LogP contribution in [0.4, 0.5) is 0 Å². The summed E-state index contributed by atoms with van der Waals surface area (Å²) in [7, 11) is 0. The van der Waals surface area contributed by atoms with Crippen LogP contribution in [0, 0.1) is 0 Å². The first-order valence-corrected chi connectivity index (χ1v) is 8.03. The highest BCUT2D eigenvalue weighted by Crippen LogP contribution is 2.29. The SMILES string of the molecule is CC(C)Sc1cccc2cc(C(=O)NCCCN)cnc12. The number of nitrogens with one attached hydrogen (secondary N) is 1. The molecule has 0 aliphatic heterocycles. The first-order chi connectivity index (χ1) is 10.1. The number of aromatic nitrogens is 1. The first-order valence-electron chi connectivity index (χ1n) is 7.15. The number of benzene rings is 1. The van der Waals surface area contributed by atoms with Crippen molar-refractivity contribution in [1.29, 1.82) is 0 Å². The quantitative estimate of drug-likeness (QED) is 0.636. The zero-order valence-electron chi connectivity index (χ0n) is 12.4. The Bertz CT molecular complexity index is 628. The molecule has 2 aromatic rings. The van der Waals surface area contributed by atoms with Gasteiger partial charge in [-0.1, -0.05) is 26.0 Å². The predicted molar refractivity (Wildman–Crippen MR) is 88.7 cm³/mol. The van der Waals surface area contributed by atoms with Crippen molar-refractivity contribution in [2.24, 2.45) is 5.73 Å². The summed E-state index contributed by atoms with van der Waals surface area (Å²) in [5, 5.41) is 4.34.